The van der Waals surface area contributed by atoms with E-state index in [0.717, 1.165) is 17.0 Å². The molecule has 2 heterocycles. The number of likely N-dealkylation sites (tertiary alicyclic amines) is 1. The molecule has 4 nitrogen and oxygen atoms in total. The Morgan fingerprint density at radius 1 is 1.08 bits per heavy atom. The predicted molar refractivity (Wildman–Crippen MR) is 111 cm³/mol. The van der Waals surface area contributed by atoms with Crippen molar-refractivity contribution in [2.24, 2.45) is 0 Å². The molecule has 0 spiro atoms. The highest BCUT2D eigenvalue weighted by molar-refractivity contribution is 7.92. The second-order valence-electron chi connectivity index (χ2n) is 7.99. The summed E-state index contributed by atoms with van der Waals surface area (Å²) in [5.41, 5.74) is 2.47. The average Bonchev–Trinajstić information content (AvgIpc) is 2.82. The third-order valence-corrected chi connectivity index (χ3v) is 7.18. The zero-order valence-corrected chi connectivity index (χ0v) is 17.4. The van der Waals surface area contributed by atoms with Crippen LogP contribution in [-0.2, 0) is 17.6 Å². The molecular formula is C21H35N3OS. The van der Waals surface area contributed by atoms with E-state index in [1.165, 1.54) is 76.8 Å². The normalized spacial score (nSPS) is 21.2. The van der Waals surface area contributed by atoms with Crippen molar-refractivity contribution < 1.29 is 4.55 Å². The Labute approximate surface area is 162 Å². The SMILES string of the molecule is CN(CCCCc1ccc2c(c1)[S+]([O-])CN2C)CCN1CCCCCC1. The lowest BCUT2D eigenvalue weighted by Gasteiger charge is -2.24. The van der Waals surface area contributed by atoms with Gasteiger partial charge in [0.25, 0.3) is 0 Å². The smallest absolute Gasteiger partial charge is 0.183 e. The van der Waals surface area contributed by atoms with Gasteiger partial charge in [-0.15, -0.1) is 0 Å². The van der Waals surface area contributed by atoms with Gasteiger partial charge in [-0.05, 0) is 76.5 Å². The molecule has 2 aliphatic rings. The lowest BCUT2D eigenvalue weighted by Crippen LogP contribution is -2.34. The molecule has 1 aromatic rings. The van der Waals surface area contributed by atoms with Gasteiger partial charge in [-0.1, -0.05) is 18.9 Å². The van der Waals surface area contributed by atoms with Gasteiger partial charge in [0.2, 0.25) is 0 Å². The summed E-state index contributed by atoms with van der Waals surface area (Å²) >= 11 is -0.846. The number of hydrogen-bond acceptors (Lipinski definition) is 4. The number of anilines is 1. The molecule has 1 fully saturated rings. The summed E-state index contributed by atoms with van der Waals surface area (Å²) in [6.45, 7) is 6.17. The second-order valence-corrected chi connectivity index (χ2v) is 9.38. The summed E-state index contributed by atoms with van der Waals surface area (Å²) in [5.74, 6) is 0.639. The van der Waals surface area contributed by atoms with E-state index < -0.39 is 11.2 Å². The molecule has 3 rings (SSSR count). The van der Waals surface area contributed by atoms with Crippen molar-refractivity contribution in [1.82, 2.24) is 9.80 Å². The van der Waals surface area contributed by atoms with E-state index in [9.17, 15) is 4.55 Å². The lowest BCUT2D eigenvalue weighted by molar-refractivity contribution is 0.229. The molecule has 0 saturated carbocycles. The van der Waals surface area contributed by atoms with Gasteiger partial charge in [0.1, 0.15) is 0 Å². The molecule has 0 bridgehead atoms. The summed E-state index contributed by atoms with van der Waals surface area (Å²) in [7, 11) is 4.27. The Kier molecular flexibility index (Phi) is 7.67. The van der Waals surface area contributed by atoms with Crippen LogP contribution in [0.25, 0.3) is 0 Å². The third-order valence-electron chi connectivity index (χ3n) is 5.74. The Hall–Kier alpha value is -0.750. The predicted octanol–water partition coefficient (Wildman–Crippen LogP) is 3.33. The van der Waals surface area contributed by atoms with Crippen LogP contribution in [0.2, 0.25) is 0 Å². The van der Waals surface area contributed by atoms with Gasteiger partial charge in [0.05, 0.1) is 5.69 Å². The number of likely N-dealkylation sites (N-methyl/N-ethyl adjacent to an activating group) is 1. The van der Waals surface area contributed by atoms with E-state index in [0.29, 0.717) is 5.88 Å². The first-order valence-electron chi connectivity index (χ1n) is 10.3. The topological polar surface area (TPSA) is 32.8 Å². The van der Waals surface area contributed by atoms with Crippen LogP contribution in [0.4, 0.5) is 5.69 Å². The number of nitrogens with zero attached hydrogens (tertiary/aromatic N) is 3. The van der Waals surface area contributed by atoms with Gasteiger partial charge in [0, 0.05) is 31.3 Å². The Balaban J connectivity index is 1.33. The first-order valence-corrected chi connectivity index (χ1v) is 11.6. The lowest BCUT2D eigenvalue weighted by atomic mass is 10.1. The largest absolute Gasteiger partial charge is 0.610 e. The molecule has 0 amide bonds. The molecule has 0 radical (unpaired) electrons. The first-order chi connectivity index (χ1) is 12.6. The van der Waals surface area contributed by atoms with Gasteiger partial charge in [-0.2, -0.15) is 0 Å². The van der Waals surface area contributed by atoms with Crippen LogP contribution in [0, 0.1) is 0 Å². The third kappa shape index (κ3) is 5.62. The van der Waals surface area contributed by atoms with E-state index in [2.05, 4.69) is 39.9 Å². The van der Waals surface area contributed by atoms with Crippen LogP contribution in [0.5, 0.6) is 0 Å². The number of aryl methyl sites for hydroxylation is 1. The van der Waals surface area contributed by atoms with Crippen LogP contribution < -0.4 is 4.90 Å². The molecule has 1 saturated heterocycles. The maximum Gasteiger partial charge on any atom is 0.183 e. The van der Waals surface area contributed by atoms with E-state index in [-0.39, 0.29) is 0 Å². The minimum Gasteiger partial charge on any atom is -0.610 e. The first kappa shape index (κ1) is 20.0. The standard InChI is InChI=1S/C21H35N3OS/c1-22(15-16-24-13-6-3-4-7-14-24)12-8-5-9-19-10-11-20-21(17-19)26(25)18-23(20)2/h10-11,17H,3-9,12-16,18H2,1-2H3. The molecule has 0 aliphatic carbocycles. The molecular weight excluding hydrogens is 342 g/mol. The fraction of sp³-hybridized carbons (Fsp3) is 0.714. The van der Waals surface area contributed by atoms with E-state index in [1.54, 1.807) is 0 Å². The van der Waals surface area contributed by atoms with Gasteiger partial charge < -0.3 is 19.3 Å². The summed E-state index contributed by atoms with van der Waals surface area (Å²) < 4.78 is 12.1. The quantitative estimate of drug-likeness (QED) is 0.514. The fourth-order valence-corrected chi connectivity index (χ4v) is 5.39. The number of rotatable bonds is 8. The molecule has 1 unspecified atom stereocenters. The highest BCUT2D eigenvalue weighted by Crippen LogP contribution is 2.33. The highest BCUT2D eigenvalue weighted by atomic mass is 32.2. The van der Waals surface area contributed by atoms with Crippen LogP contribution in [0.3, 0.4) is 0 Å². The van der Waals surface area contributed by atoms with Crippen molar-refractivity contribution in [3.8, 4) is 0 Å². The van der Waals surface area contributed by atoms with Gasteiger partial charge in [0.15, 0.2) is 10.8 Å². The molecule has 1 aromatic carbocycles. The van der Waals surface area contributed by atoms with Gasteiger partial charge in [-0.3, -0.25) is 0 Å². The second kappa shape index (κ2) is 9.98. The summed E-state index contributed by atoms with van der Waals surface area (Å²) in [4.78, 5) is 8.25. The van der Waals surface area contributed by atoms with Crippen molar-refractivity contribution in [2.75, 3.05) is 57.6 Å². The maximum absolute atomic E-state index is 12.1. The van der Waals surface area contributed by atoms with Gasteiger partial charge in [-0.25, -0.2) is 0 Å². The number of hydrogen-bond donors (Lipinski definition) is 0. The zero-order chi connectivity index (χ0) is 18.4. The summed E-state index contributed by atoms with van der Waals surface area (Å²) in [6.07, 6.45) is 9.12. The van der Waals surface area contributed by atoms with E-state index >= 15 is 0 Å². The van der Waals surface area contributed by atoms with Crippen LogP contribution in [0.15, 0.2) is 23.1 Å². The molecule has 26 heavy (non-hydrogen) atoms. The molecule has 0 aromatic heterocycles. The van der Waals surface area contributed by atoms with Crippen molar-refractivity contribution in [3.63, 3.8) is 0 Å². The summed E-state index contributed by atoms with van der Waals surface area (Å²) in [5, 5.41) is 0. The Morgan fingerprint density at radius 3 is 2.62 bits per heavy atom. The molecule has 0 N–H and O–H groups in total. The van der Waals surface area contributed by atoms with Crippen molar-refractivity contribution in [2.45, 2.75) is 49.8 Å². The van der Waals surface area contributed by atoms with Gasteiger partial charge >= 0.3 is 0 Å². The zero-order valence-electron chi connectivity index (χ0n) is 16.6. The number of fused-ring (bicyclic) bond motifs is 1. The van der Waals surface area contributed by atoms with E-state index in [4.69, 9.17) is 0 Å². The molecule has 1 atom stereocenters. The van der Waals surface area contributed by atoms with Crippen LogP contribution >= 0.6 is 0 Å². The Morgan fingerprint density at radius 2 is 1.85 bits per heavy atom. The van der Waals surface area contributed by atoms with Crippen molar-refractivity contribution in [1.29, 1.82) is 0 Å². The van der Waals surface area contributed by atoms with E-state index in [1.807, 2.05) is 7.05 Å². The van der Waals surface area contributed by atoms with Crippen LogP contribution in [-0.4, -0.2) is 67.0 Å². The monoisotopic (exact) mass is 377 g/mol. The minimum absolute atomic E-state index is 0.639. The molecule has 2 aliphatic heterocycles. The van der Waals surface area contributed by atoms with Crippen molar-refractivity contribution >= 4 is 16.9 Å². The Bertz CT molecular complexity index is 560. The highest BCUT2D eigenvalue weighted by Gasteiger charge is 2.28. The average molecular weight is 378 g/mol. The van der Waals surface area contributed by atoms with Crippen molar-refractivity contribution in [3.05, 3.63) is 23.8 Å². The fourth-order valence-electron chi connectivity index (χ4n) is 4.02. The summed E-state index contributed by atoms with van der Waals surface area (Å²) in [6, 6.07) is 6.52. The van der Waals surface area contributed by atoms with Crippen LogP contribution in [0.1, 0.15) is 44.1 Å². The number of benzene rings is 1. The molecule has 146 valence electrons. The minimum atomic E-state index is -0.846. The maximum atomic E-state index is 12.1. The molecule has 5 heteroatoms. The number of unbranched alkanes of at least 4 members (excludes halogenated alkanes) is 1.